The van der Waals surface area contributed by atoms with E-state index in [1.165, 1.54) is 6.07 Å². The Hall–Kier alpha value is -2.95. The van der Waals surface area contributed by atoms with Crippen molar-refractivity contribution >= 4 is 5.91 Å². The van der Waals surface area contributed by atoms with Crippen molar-refractivity contribution in [1.82, 2.24) is 15.1 Å². The van der Waals surface area contributed by atoms with Gasteiger partial charge < -0.3 is 5.32 Å². The molecular formula is C23H26FN3O. The summed E-state index contributed by atoms with van der Waals surface area (Å²) in [5.74, 6) is -0.559. The minimum Gasteiger partial charge on any atom is -0.351 e. The van der Waals surface area contributed by atoms with Gasteiger partial charge in [0.15, 0.2) is 0 Å². The van der Waals surface area contributed by atoms with E-state index in [0.29, 0.717) is 23.5 Å². The second-order valence-electron chi connectivity index (χ2n) is 6.96. The first-order valence-electron chi connectivity index (χ1n) is 9.80. The zero-order valence-corrected chi connectivity index (χ0v) is 16.4. The molecule has 146 valence electrons. The number of aryl methyl sites for hydroxylation is 1. The largest absolute Gasteiger partial charge is 0.351 e. The highest BCUT2D eigenvalue weighted by Gasteiger charge is 2.19. The zero-order chi connectivity index (χ0) is 19.9. The molecule has 0 aliphatic carbocycles. The number of nitrogens with one attached hydrogen (secondary N) is 1. The maximum absolute atomic E-state index is 14.3. The van der Waals surface area contributed by atoms with Crippen LogP contribution in [0.1, 0.15) is 48.7 Å². The summed E-state index contributed by atoms with van der Waals surface area (Å²) in [7, 11) is 0. The molecule has 0 spiro atoms. The summed E-state index contributed by atoms with van der Waals surface area (Å²) in [5, 5.41) is 7.52. The lowest BCUT2D eigenvalue weighted by molar-refractivity contribution is 0.0945. The lowest BCUT2D eigenvalue weighted by Crippen LogP contribution is -2.26. The third kappa shape index (κ3) is 4.66. The van der Waals surface area contributed by atoms with Gasteiger partial charge in [0.05, 0.1) is 11.4 Å². The second-order valence-corrected chi connectivity index (χ2v) is 6.96. The van der Waals surface area contributed by atoms with Gasteiger partial charge in [-0.15, -0.1) is 0 Å². The third-order valence-corrected chi connectivity index (χ3v) is 4.65. The molecule has 3 aromatic rings. The topological polar surface area (TPSA) is 46.9 Å². The van der Waals surface area contributed by atoms with E-state index in [-0.39, 0.29) is 11.7 Å². The predicted octanol–water partition coefficient (Wildman–Crippen LogP) is 5.30. The Morgan fingerprint density at radius 1 is 1.07 bits per heavy atom. The average Bonchev–Trinajstić information content (AvgIpc) is 3.13. The van der Waals surface area contributed by atoms with Crippen LogP contribution >= 0.6 is 0 Å². The number of hydrogen-bond donors (Lipinski definition) is 1. The van der Waals surface area contributed by atoms with Crippen LogP contribution in [0.15, 0.2) is 54.6 Å². The van der Waals surface area contributed by atoms with Crippen LogP contribution in [0.3, 0.4) is 0 Å². The van der Waals surface area contributed by atoms with E-state index >= 15 is 0 Å². The molecule has 0 aliphatic heterocycles. The second kappa shape index (κ2) is 9.31. The van der Waals surface area contributed by atoms with Crippen LogP contribution in [0.4, 0.5) is 4.39 Å². The highest BCUT2D eigenvalue weighted by atomic mass is 19.1. The lowest BCUT2D eigenvalue weighted by atomic mass is 10.1. The van der Waals surface area contributed by atoms with Gasteiger partial charge in [-0.1, -0.05) is 50.5 Å². The van der Waals surface area contributed by atoms with E-state index in [0.717, 1.165) is 36.9 Å². The fourth-order valence-electron chi connectivity index (χ4n) is 3.14. The highest BCUT2D eigenvalue weighted by molar-refractivity contribution is 5.94. The van der Waals surface area contributed by atoms with Gasteiger partial charge in [-0.05, 0) is 49.2 Å². The first-order valence-corrected chi connectivity index (χ1v) is 9.80. The van der Waals surface area contributed by atoms with E-state index in [1.54, 1.807) is 28.9 Å². The molecule has 4 nitrogen and oxygen atoms in total. The van der Waals surface area contributed by atoms with Crippen molar-refractivity contribution < 1.29 is 9.18 Å². The van der Waals surface area contributed by atoms with Gasteiger partial charge >= 0.3 is 0 Å². The Morgan fingerprint density at radius 3 is 2.64 bits per heavy atom. The van der Waals surface area contributed by atoms with Crippen LogP contribution in [0.2, 0.25) is 0 Å². The number of carbonyl (C=O) groups excluding carboxylic acids is 1. The third-order valence-electron chi connectivity index (χ3n) is 4.65. The van der Waals surface area contributed by atoms with Crippen LogP contribution in [0.5, 0.6) is 0 Å². The number of halogens is 1. The molecule has 3 rings (SSSR count). The molecule has 0 unspecified atom stereocenters. The number of rotatable bonds is 8. The molecule has 1 aromatic heterocycles. The van der Waals surface area contributed by atoms with Crippen molar-refractivity contribution in [1.29, 1.82) is 0 Å². The van der Waals surface area contributed by atoms with Gasteiger partial charge in [0.25, 0.3) is 5.91 Å². The Bertz CT molecular complexity index is 949. The van der Waals surface area contributed by atoms with Gasteiger partial charge in [0.2, 0.25) is 0 Å². The van der Waals surface area contributed by atoms with Crippen LogP contribution in [-0.4, -0.2) is 22.2 Å². The van der Waals surface area contributed by atoms with Crippen molar-refractivity contribution in [2.45, 2.75) is 39.5 Å². The fraction of sp³-hybridized carbons (Fsp3) is 0.304. The lowest BCUT2D eigenvalue weighted by Gasteiger charge is -2.09. The Kier molecular flexibility index (Phi) is 6.58. The quantitative estimate of drug-likeness (QED) is 0.540. The number of carbonyl (C=O) groups is 1. The van der Waals surface area contributed by atoms with E-state index in [1.807, 2.05) is 31.2 Å². The predicted molar refractivity (Wildman–Crippen MR) is 110 cm³/mol. The Morgan fingerprint density at radius 2 is 1.89 bits per heavy atom. The number of amides is 1. The van der Waals surface area contributed by atoms with Gasteiger partial charge in [-0.2, -0.15) is 5.10 Å². The summed E-state index contributed by atoms with van der Waals surface area (Å²) < 4.78 is 15.8. The van der Waals surface area contributed by atoms with Crippen LogP contribution in [0.25, 0.3) is 16.9 Å². The average molecular weight is 379 g/mol. The number of nitrogens with zero attached hydrogens (tertiary/aromatic N) is 2. The SMILES string of the molecule is CCCCCCNC(=O)c1cc(-c2ccccc2F)nn1-c1cccc(C)c1. The van der Waals surface area contributed by atoms with Crippen molar-refractivity contribution in [3.05, 3.63) is 71.7 Å². The zero-order valence-electron chi connectivity index (χ0n) is 16.4. The molecule has 1 heterocycles. The summed E-state index contributed by atoms with van der Waals surface area (Å²) >= 11 is 0. The van der Waals surface area contributed by atoms with Crippen LogP contribution in [-0.2, 0) is 0 Å². The monoisotopic (exact) mass is 379 g/mol. The van der Waals surface area contributed by atoms with E-state index in [9.17, 15) is 9.18 Å². The molecule has 1 N–H and O–H groups in total. The van der Waals surface area contributed by atoms with Gasteiger partial charge in [-0.25, -0.2) is 9.07 Å². The minimum atomic E-state index is -0.358. The van der Waals surface area contributed by atoms with Gasteiger partial charge in [0, 0.05) is 12.1 Å². The molecule has 0 saturated heterocycles. The molecule has 2 aromatic carbocycles. The Labute approximate surface area is 165 Å². The number of hydrogen-bond acceptors (Lipinski definition) is 2. The number of benzene rings is 2. The van der Waals surface area contributed by atoms with Crippen molar-refractivity contribution in [2.24, 2.45) is 0 Å². The van der Waals surface area contributed by atoms with Gasteiger partial charge in [-0.3, -0.25) is 4.79 Å². The molecule has 0 radical (unpaired) electrons. The van der Waals surface area contributed by atoms with Gasteiger partial charge in [0.1, 0.15) is 11.5 Å². The summed E-state index contributed by atoms with van der Waals surface area (Å²) in [5.41, 5.74) is 3.06. The van der Waals surface area contributed by atoms with Crippen molar-refractivity contribution in [3.63, 3.8) is 0 Å². The van der Waals surface area contributed by atoms with E-state index < -0.39 is 0 Å². The molecular weight excluding hydrogens is 353 g/mol. The summed E-state index contributed by atoms with van der Waals surface area (Å²) in [6.45, 7) is 4.76. The summed E-state index contributed by atoms with van der Waals surface area (Å²) in [4.78, 5) is 12.8. The summed E-state index contributed by atoms with van der Waals surface area (Å²) in [6, 6.07) is 15.9. The van der Waals surface area contributed by atoms with E-state index in [2.05, 4.69) is 17.3 Å². The molecule has 0 aliphatic rings. The molecule has 5 heteroatoms. The van der Waals surface area contributed by atoms with Crippen molar-refractivity contribution in [3.8, 4) is 16.9 Å². The highest BCUT2D eigenvalue weighted by Crippen LogP contribution is 2.24. The molecule has 0 atom stereocenters. The standard InChI is InChI=1S/C23H26FN3O/c1-3-4-5-8-14-25-23(28)22-16-21(19-12-6-7-13-20(19)24)26-27(22)18-11-9-10-17(2)15-18/h6-7,9-13,15-16H,3-5,8,14H2,1-2H3,(H,25,28). The molecule has 28 heavy (non-hydrogen) atoms. The smallest absolute Gasteiger partial charge is 0.270 e. The van der Waals surface area contributed by atoms with Crippen molar-refractivity contribution in [2.75, 3.05) is 6.54 Å². The molecule has 0 bridgehead atoms. The minimum absolute atomic E-state index is 0.201. The number of unbranched alkanes of at least 4 members (excludes halogenated alkanes) is 3. The first kappa shape index (κ1) is 19.8. The molecule has 0 fully saturated rings. The van der Waals surface area contributed by atoms with Crippen LogP contribution in [0, 0.1) is 12.7 Å². The number of aromatic nitrogens is 2. The molecule has 1 amide bonds. The Balaban J connectivity index is 1.93. The van der Waals surface area contributed by atoms with Crippen LogP contribution < -0.4 is 5.32 Å². The first-order chi connectivity index (χ1) is 13.6. The maximum Gasteiger partial charge on any atom is 0.270 e. The molecule has 0 saturated carbocycles. The summed E-state index contributed by atoms with van der Waals surface area (Å²) in [6.07, 6.45) is 4.35. The maximum atomic E-state index is 14.3. The van der Waals surface area contributed by atoms with E-state index in [4.69, 9.17) is 0 Å². The fourth-order valence-corrected chi connectivity index (χ4v) is 3.14. The normalized spacial score (nSPS) is 10.8.